The first-order chi connectivity index (χ1) is 11.1. The number of anilines is 1. The molecule has 1 aliphatic carbocycles. The third-order valence-corrected chi connectivity index (χ3v) is 5.70. The predicted octanol–water partition coefficient (Wildman–Crippen LogP) is 2.44. The number of nitrogens with one attached hydrogen (secondary N) is 1. The van der Waals surface area contributed by atoms with Crippen molar-refractivity contribution in [2.75, 3.05) is 32.5 Å². The lowest BCUT2D eigenvalue weighted by Crippen LogP contribution is -2.22. The van der Waals surface area contributed by atoms with Crippen LogP contribution in [0.25, 0.3) is 15.9 Å². The zero-order chi connectivity index (χ0) is 16.0. The molecule has 0 aliphatic heterocycles. The van der Waals surface area contributed by atoms with Gasteiger partial charge in [0.2, 0.25) is 5.95 Å². The Hall–Kier alpha value is -1.73. The number of rotatable bonds is 4. The van der Waals surface area contributed by atoms with Crippen molar-refractivity contribution >= 4 is 33.1 Å². The highest BCUT2D eigenvalue weighted by Gasteiger charge is 2.24. The van der Waals surface area contributed by atoms with Crippen molar-refractivity contribution in [3.63, 3.8) is 0 Å². The molecule has 23 heavy (non-hydrogen) atoms. The summed E-state index contributed by atoms with van der Waals surface area (Å²) in [5, 5.41) is 9.00. The molecule has 0 unspecified atom stereocenters. The van der Waals surface area contributed by atoms with Gasteiger partial charge in [-0.15, -0.1) is 11.3 Å². The molecule has 3 aromatic rings. The van der Waals surface area contributed by atoms with Crippen LogP contribution in [0.1, 0.15) is 23.8 Å². The van der Waals surface area contributed by atoms with Crippen LogP contribution in [0.2, 0.25) is 0 Å². The van der Waals surface area contributed by atoms with E-state index in [2.05, 4.69) is 41.3 Å². The molecule has 7 heteroatoms. The molecule has 0 radical (unpaired) electrons. The predicted molar refractivity (Wildman–Crippen MR) is 94.4 cm³/mol. The van der Waals surface area contributed by atoms with E-state index in [4.69, 9.17) is 4.98 Å². The second-order valence-electron chi connectivity index (χ2n) is 6.69. The summed E-state index contributed by atoms with van der Waals surface area (Å²) in [6, 6.07) is 0. The average molecular weight is 330 g/mol. The van der Waals surface area contributed by atoms with Gasteiger partial charge in [-0.1, -0.05) is 6.92 Å². The molecule has 0 spiro atoms. The van der Waals surface area contributed by atoms with E-state index in [1.807, 2.05) is 15.9 Å². The Balaban J connectivity index is 1.81. The van der Waals surface area contributed by atoms with Crippen molar-refractivity contribution in [2.45, 2.75) is 26.2 Å². The maximum atomic E-state index is 4.85. The molecule has 6 nitrogen and oxygen atoms in total. The third-order valence-electron chi connectivity index (χ3n) is 4.51. The maximum absolute atomic E-state index is 4.85. The van der Waals surface area contributed by atoms with Crippen LogP contribution in [0.3, 0.4) is 0 Å². The van der Waals surface area contributed by atoms with Crippen LogP contribution in [0.15, 0.2) is 6.33 Å². The summed E-state index contributed by atoms with van der Waals surface area (Å²) in [5.74, 6) is 1.53. The molecule has 0 bridgehead atoms. The molecule has 0 aromatic carbocycles. The van der Waals surface area contributed by atoms with E-state index < -0.39 is 0 Å². The smallest absolute Gasteiger partial charge is 0.227 e. The largest absolute Gasteiger partial charge is 0.353 e. The lowest BCUT2D eigenvalue weighted by molar-refractivity contribution is 0.424. The molecule has 4 rings (SSSR count). The topological polar surface area (TPSA) is 58.4 Å². The number of fused-ring (bicyclic) bond motifs is 5. The number of hydrogen-bond donors (Lipinski definition) is 1. The van der Waals surface area contributed by atoms with Crippen molar-refractivity contribution < 1.29 is 0 Å². The van der Waals surface area contributed by atoms with E-state index >= 15 is 0 Å². The fraction of sp³-hybridized carbons (Fsp3) is 0.562. The first-order valence-electron chi connectivity index (χ1n) is 8.16. The van der Waals surface area contributed by atoms with Gasteiger partial charge in [0.15, 0.2) is 5.65 Å². The molecule has 1 aliphatic rings. The number of likely N-dealkylation sites (N-methyl/N-ethyl adjacent to an activating group) is 1. The van der Waals surface area contributed by atoms with Gasteiger partial charge in [-0.2, -0.15) is 9.61 Å². The molecule has 3 heterocycles. The van der Waals surface area contributed by atoms with Gasteiger partial charge in [0.25, 0.3) is 0 Å². The first-order valence-corrected chi connectivity index (χ1v) is 8.97. The Morgan fingerprint density at radius 1 is 1.43 bits per heavy atom. The van der Waals surface area contributed by atoms with Gasteiger partial charge in [-0.05, 0) is 44.8 Å². The molecule has 0 saturated carbocycles. The number of hydrogen-bond acceptors (Lipinski definition) is 6. The number of aromatic nitrogens is 4. The third kappa shape index (κ3) is 2.57. The average Bonchev–Trinajstić information content (AvgIpc) is 3.10. The number of thiophene rings is 1. The fourth-order valence-corrected chi connectivity index (χ4v) is 4.48. The number of nitrogens with zero attached hydrogens (tertiary/aromatic N) is 5. The Labute approximate surface area is 139 Å². The quantitative estimate of drug-likeness (QED) is 0.796. The van der Waals surface area contributed by atoms with Gasteiger partial charge in [0.05, 0.1) is 5.39 Å². The van der Waals surface area contributed by atoms with Crippen LogP contribution in [0.5, 0.6) is 0 Å². The van der Waals surface area contributed by atoms with Crippen molar-refractivity contribution in [1.29, 1.82) is 0 Å². The van der Waals surface area contributed by atoms with Gasteiger partial charge in [0.1, 0.15) is 11.2 Å². The molecular formula is C16H22N6S. The number of aryl methyl sites for hydroxylation is 1. The van der Waals surface area contributed by atoms with Crippen molar-refractivity contribution in [2.24, 2.45) is 5.92 Å². The van der Waals surface area contributed by atoms with Crippen LogP contribution < -0.4 is 5.32 Å². The van der Waals surface area contributed by atoms with Crippen LogP contribution in [0, 0.1) is 5.92 Å². The van der Waals surface area contributed by atoms with Gasteiger partial charge < -0.3 is 10.2 Å². The lowest BCUT2D eigenvalue weighted by atomic mass is 9.89. The highest BCUT2D eigenvalue weighted by Crippen LogP contribution is 2.39. The van der Waals surface area contributed by atoms with Gasteiger partial charge in [0, 0.05) is 18.0 Å². The van der Waals surface area contributed by atoms with Crippen LogP contribution in [0.4, 0.5) is 5.95 Å². The van der Waals surface area contributed by atoms with Crippen LogP contribution in [-0.2, 0) is 12.8 Å². The normalized spacial score (nSPS) is 18.0. The summed E-state index contributed by atoms with van der Waals surface area (Å²) >= 11 is 1.83. The van der Waals surface area contributed by atoms with E-state index in [1.165, 1.54) is 28.7 Å². The summed E-state index contributed by atoms with van der Waals surface area (Å²) in [4.78, 5) is 14.1. The summed E-state index contributed by atoms with van der Waals surface area (Å²) < 4.78 is 1.85. The van der Waals surface area contributed by atoms with E-state index in [0.717, 1.165) is 41.9 Å². The molecule has 3 aromatic heterocycles. The summed E-state index contributed by atoms with van der Waals surface area (Å²) in [5.41, 5.74) is 2.39. The lowest BCUT2D eigenvalue weighted by Gasteiger charge is -2.18. The fourth-order valence-electron chi connectivity index (χ4n) is 3.27. The minimum absolute atomic E-state index is 0.737. The van der Waals surface area contributed by atoms with Gasteiger partial charge in [-0.25, -0.2) is 9.97 Å². The second kappa shape index (κ2) is 5.72. The minimum Gasteiger partial charge on any atom is -0.353 e. The van der Waals surface area contributed by atoms with Crippen molar-refractivity contribution in [3.05, 3.63) is 16.8 Å². The Morgan fingerprint density at radius 3 is 3.13 bits per heavy atom. The summed E-state index contributed by atoms with van der Waals surface area (Å²) in [7, 11) is 4.13. The highest BCUT2D eigenvalue weighted by atomic mass is 32.1. The SMILES string of the molecule is C[C@H]1CCc2sc3nc(NCCN(C)C)n4ncnc4c3c2C1. The van der Waals surface area contributed by atoms with Gasteiger partial charge in [-0.3, -0.25) is 0 Å². The van der Waals surface area contributed by atoms with E-state index in [-0.39, 0.29) is 0 Å². The molecule has 0 saturated heterocycles. The second-order valence-corrected chi connectivity index (χ2v) is 7.78. The Bertz CT molecular complexity index is 849. The zero-order valence-corrected chi connectivity index (χ0v) is 14.7. The summed E-state index contributed by atoms with van der Waals surface area (Å²) in [6.45, 7) is 4.12. The van der Waals surface area contributed by atoms with Crippen molar-refractivity contribution in [1.82, 2.24) is 24.5 Å². The van der Waals surface area contributed by atoms with Gasteiger partial charge >= 0.3 is 0 Å². The monoisotopic (exact) mass is 330 g/mol. The first kappa shape index (κ1) is 14.8. The van der Waals surface area contributed by atoms with E-state index in [1.54, 1.807) is 6.33 Å². The van der Waals surface area contributed by atoms with E-state index in [9.17, 15) is 0 Å². The molecule has 0 amide bonds. The minimum atomic E-state index is 0.737. The maximum Gasteiger partial charge on any atom is 0.227 e. The van der Waals surface area contributed by atoms with Crippen LogP contribution in [-0.4, -0.2) is 51.7 Å². The van der Waals surface area contributed by atoms with Crippen LogP contribution >= 0.6 is 11.3 Å². The summed E-state index contributed by atoms with van der Waals surface area (Å²) in [6.07, 6.45) is 5.20. The molecule has 122 valence electrons. The molecular weight excluding hydrogens is 308 g/mol. The highest BCUT2D eigenvalue weighted by molar-refractivity contribution is 7.19. The molecule has 1 N–H and O–H groups in total. The molecule has 0 fully saturated rings. The standard InChI is InChI=1S/C16H22N6S/c1-10-4-5-12-11(8-10)13-14-18-9-19-22(14)16(20-15(13)23-12)17-6-7-21(2)3/h9-10H,4-8H2,1-3H3,(H,17,20)/t10-/m0/s1. The Morgan fingerprint density at radius 2 is 2.30 bits per heavy atom. The zero-order valence-electron chi connectivity index (χ0n) is 13.8. The van der Waals surface area contributed by atoms with Crippen molar-refractivity contribution in [3.8, 4) is 0 Å². The Kier molecular flexibility index (Phi) is 3.69. The molecule has 1 atom stereocenters. The van der Waals surface area contributed by atoms with E-state index in [0.29, 0.717) is 0 Å².